The number of nitrogens with two attached hydrogens (primary N) is 1. The van der Waals surface area contributed by atoms with Crippen molar-refractivity contribution in [3.8, 4) is 11.1 Å². The molecule has 0 radical (unpaired) electrons. The van der Waals surface area contributed by atoms with Crippen LogP contribution < -0.4 is 5.73 Å². The smallest absolute Gasteiger partial charge is 0.250 e. The third kappa shape index (κ3) is 3.22. The van der Waals surface area contributed by atoms with Crippen molar-refractivity contribution in [1.82, 2.24) is 9.72 Å². The van der Waals surface area contributed by atoms with E-state index >= 15 is 0 Å². The van der Waals surface area contributed by atoms with Crippen LogP contribution >= 0.6 is 0 Å². The number of benzene rings is 2. The van der Waals surface area contributed by atoms with Crippen LogP contribution in [0.1, 0.15) is 54.1 Å². The van der Waals surface area contributed by atoms with Crippen molar-refractivity contribution in [2.24, 2.45) is 11.7 Å². The number of fused-ring (bicyclic) bond motifs is 3. The Balaban J connectivity index is 1.89. The van der Waals surface area contributed by atoms with Crippen LogP contribution in [-0.2, 0) is 12.1 Å². The number of hydrogen-bond acceptors (Lipinski definition) is 4. The highest BCUT2D eigenvalue weighted by Gasteiger charge is 2.27. The van der Waals surface area contributed by atoms with Gasteiger partial charge in [0.1, 0.15) is 5.76 Å². The zero-order valence-corrected chi connectivity index (χ0v) is 18.3. The van der Waals surface area contributed by atoms with E-state index in [9.17, 15) is 9.90 Å². The fourth-order valence-corrected chi connectivity index (χ4v) is 4.59. The minimum atomic E-state index is -0.955. The number of primary amides is 1. The minimum absolute atomic E-state index is 0.457. The van der Waals surface area contributed by atoms with Crippen molar-refractivity contribution < 1.29 is 14.4 Å². The number of rotatable bonds is 5. The maximum Gasteiger partial charge on any atom is 0.250 e. The second kappa shape index (κ2) is 6.69. The zero-order chi connectivity index (χ0) is 22.1. The summed E-state index contributed by atoms with van der Waals surface area (Å²) < 4.78 is 7.59. The Morgan fingerprint density at radius 3 is 2.55 bits per heavy atom. The number of carbonyl (C=O) groups excluding carboxylic acids is 1. The molecule has 31 heavy (non-hydrogen) atoms. The largest absolute Gasteiger partial charge is 0.386 e. The first-order valence-electron chi connectivity index (χ1n) is 10.7. The molecule has 3 N–H and O–H groups in total. The van der Waals surface area contributed by atoms with Gasteiger partial charge in [-0.25, -0.2) is 0 Å². The molecular formula is C25H27N3O3. The molecule has 1 amide bonds. The van der Waals surface area contributed by atoms with Gasteiger partial charge in [-0.3, -0.25) is 4.79 Å². The lowest BCUT2D eigenvalue weighted by molar-refractivity contribution is 0.0787. The average molecular weight is 418 g/mol. The topological polar surface area (TPSA) is 94.3 Å². The van der Waals surface area contributed by atoms with Gasteiger partial charge in [0.15, 0.2) is 0 Å². The van der Waals surface area contributed by atoms with Crippen LogP contribution in [0.3, 0.4) is 0 Å². The van der Waals surface area contributed by atoms with E-state index in [1.807, 2.05) is 38.1 Å². The Morgan fingerprint density at radius 2 is 1.97 bits per heavy atom. The molecule has 1 aliphatic rings. The third-order valence-corrected chi connectivity index (χ3v) is 6.39. The van der Waals surface area contributed by atoms with Gasteiger partial charge in [0.25, 0.3) is 5.91 Å². The van der Waals surface area contributed by atoms with E-state index in [0.29, 0.717) is 17.2 Å². The fourth-order valence-electron chi connectivity index (χ4n) is 4.59. The zero-order valence-electron chi connectivity index (χ0n) is 18.3. The number of carbonyl (C=O) groups is 1. The van der Waals surface area contributed by atoms with Crippen LogP contribution in [0.25, 0.3) is 32.9 Å². The van der Waals surface area contributed by atoms with E-state index in [4.69, 9.17) is 10.3 Å². The Kier molecular flexibility index (Phi) is 4.28. The molecule has 1 fully saturated rings. The van der Waals surface area contributed by atoms with Crippen molar-refractivity contribution in [3.05, 3.63) is 52.9 Å². The monoisotopic (exact) mass is 417 g/mol. The third-order valence-electron chi connectivity index (χ3n) is 6.39. The van der Waals surface area contributed by atoms with Crippen molar-refractivity contribution in [2.75, 3.05) is 0 Å². The normalized spacial score (nSPS) is 14.6. The maximum absolute atomic E-state index is 12.6. The van der Waals surface area contributed by atoms with Gasteiger partial charge in [-0.2, -0.15) is 0 Å². The summed E-state index contributed by atoms with van der Waals surface area (Å²) in [5.41, 5.74) is 10.7. The van der Waals surface area contributed by atoms with Gasteiger partial charge in [-0.05, 0) is 75.8 Å². The van der Waals surface area contributed by atoms with Crippen LogP contribution in [-0.4, -0.2) is 20.7 Å². The molecule has 0 saturated heterocycles. The number of aryl methyl sites for hydroxylation is 2. The molecule has 0 aliphatic heterocycles. The summed E-state index contributed by atoms with van der Waals surface area (Å²) in [5, 5.41) is 16.7. The standard InChI is InChI=1S/C25H27N3O3/c1-13-22(14(2)31-27-13)16-9-19-18-8-7-17(25(3,4)30)11-21(18)28(12-15-5-6-15)23(19)20(10-16)24(26)29/h7-11,15,30H,5-6,12H2,1-4H3,(H2,26,29). The van der Waals surface area contributed by atoms with Gasteiger partial charge in [-0.15, -0.1) is 0 Å². The molecule has 0 spiro atoms. The molecule has 160 valence electrons. The second-order valence-corrected chi connectivity index (χ2v) is 9.33. The van der Waals surface area contributed by atoms with Crippen LogP contribution in [0.5, 0.6) is 0 Å². The second-order valence-electron chi connectivity index (χ2n) is 9.33. The summed E-state index contributed by atoms with van der Waals surface area (Å²) in [4.78, 5) is 12.6. The maximum atomic E-state index is 12.6. The molecule has 2 aromatic heterocycles. The lowest BCUT2D eigenvalue weighted by Gasteiger charge is -2.18. The van der Waals surface area contributed by atoms with Crippen LogP contribution in [0.2, 0.25) is 0 Å². The van der Waals surface area contributed by atoms with E-state index < -0.39 is 11.5 Å². The van der Waals surface area contributed by atoms with Gasteiger partial charge >= 0.3 is 0 Å². The highest BCUT2D eigenvalue weighted by Crippen LogP contribution is 2.40. The Bertz CT molecular complexity index is 1330. The van der Waals surface area contributed by atoms with E-state index in [2.05, 4.69) is 15.8 Å². The van der Waals surface area contributed by atoms with Gasteiger partial charge < -0.3 is 19.9 Å². The van der Waals surface area contributed by atoms with Crippen LogP contribution in [0.4, 0.5) is 0 Å². The van der Waals surface area contributed by atoms with Crippen molar-refractivity contribution in [2.45, 2.75) is 52.7 Å². The molecular weight excluding hydrogens is 390 g/mol. The number of aromatic nitrogens is 2. The molecule has 2 heterocycles. The summed E-state index contributed by atoms with van der Waals surface area (Å²) in [5.74, 6) is 0.854. The molecule has 0 bridgehead atoms. The number of amides is 1. The molecule has 1 aliphatic carbocycles. The molecule has 6 heteroatoms. The van der Waals surface area contributed by atoms with Gasteiger partial charge in [0.05, 0.1) is 22.4 Å². The Morgan fingerprint density at radius 1 is 1.23 bits per heavy atom. The number of aliphatic hydroxyl groups is 1. The summed E-state index contributed by atoms with van der Waals surface area (Å²) >= 11 is 0. The summed E-state index contributed by atoms with van der Waals surface area (Å²) in [7, 11) is 0. The SMILES string of the molecule is Cc1noc(C)c1-c1cc(C(N)=O)c2c(c1)c1ccc(C(C)(C)O)cc1n2CC1CC1. The highest BCUT2D eigenvalue weighted by atomic mass is 16.5. The van der Waals surface area contributed by atoms with Gasteiger partial charge in [0.2, 0.25) is 0 Å². The van der Waals surface area contributed by atoms with E-state index in [-0.39, 0.29) is 0 Å². The lowest BCUT2D eigenvalue weighted by atomic mass is 9.95. The first kappa shape index (κ1) is 19.8. The van der Waals surface area contributed by atoms with Gasteiger partial charge in [-0.1, -0.05) is 17.3 Å². The van der Waals surface area contributed by atoms with Crippen molar-refractivity contribution in [1.29, 1.82) is 0 Å². The predicted molar refractivity (Wildman–Crippen MR) is 121 cm³/mol. The van der Waals surface area contributed by atoms with Crippen molar-refractivity contribution >= 4 is 27.7 Å². The van der Waals surface area contributed by atoms with Crippen LogP contribution in [0, 0.1) is 19.8 Å². The molecule has 0 atom stereocenters. The molecule has 0 unspecified atom stereocenters. The molecule has 2 aromatic carbocycles. The molecule has 6 nitrogen and oxygen atoms in total. The van der Waals surface area contributed by atoms with E-state index in [1.165, 1.54) is 12.8 Å². The lowest BCUT2D eigenvalue weighted by Crippen LogP contribution is -2.15. The summed E-state index contributed by atoms with van der Waals surface area (Å²) in [6, 6.07) is 9.99. The minimum Gasteiger partial charge on any atom is -0.386 e. The van der Waals surface area contributed by atoms with Gasteiger partial charge in [0, 0.05) is 28.4 Å². The quantitative estimate of drug-likeness (QED) is 0.487. The number of hydrogen-bond donors (Lipinski definition) is 2. The fraction of sp³-hybridized carbons (Fsp3) is 0.360. The Labute approximate surface area is 180 Å². The van der Waals surface area contributed by atoms with E-state index in [1.54, 1.807) is 13.8 Å². The molecule has 5 rings (SSSR count). The summed E-state index contributed by atoms with van der Waals surface area (Å²) in [6.07, 6.45) is 2.38. The average Bonchev–Trinajstić information content (AvgIpc) is 3.39. The predicted octanol–water partition coefficient (Wildman–Crippen LogP) is 4.80. The van der Waals surface area contributed by atoms with E-state index in [0.717, 1.165) is 50.7 Å². The molecule has 1 saturated carbocycles. The Hall–Kier alpha value is -3.12. The van der Waals surface area contributed by atoms with Crippen molar-refractivity contribution in [3.63, 3.8) is 0 Å². The summed E-state index contributed by atoms with van der Waals surface area (Å²) in [6.45, 7) is 8.17. The first-order valence-corrected chi connectivity index (χ1v) is 10.7. The molecule has 4 aromatic rings. The first-order chi connectivity index (χ1) is 14.6. The number of nitrogens with zero attached hydrogens (tertiary/aromatic N) is 2. The highest BCUT2D eigenvalue weighted by molar-refractivity contribution is 6.17. The van der Waals surface area contributed by atoms with Crippen LogP contribution in [0.15, 0.2) is 34.9 Å².